The average Bonchev–Trinajstić information content (AvgIpc) is 3.04. The van der Waals surface area contributed by atoms with Crippen LogP contribution in [0.4, 0.5) is 5.69 Å². The Morgan fingerprint density at radius 1 is 1.03 bits per heavy atom. The Labute approximate surface area is 169 Å². The van der Waals surface area contributed by atoms with Crippen LogP contribution in [-0.2, 0) is 19.6 Å². The van der Waals surface area contributed by atoms with Crippen LogP contribution in [0.15, 0.2) is 47.4 Å². The lowest BCUT2D eigenvalue weighted by atomic mass is 10.2. The molecule has 1 aliphatic rings. The van der Waals surface area contributed by atoms with Gasteiger partial charge in [0.15, 0.2) is 0 Å². The van der Waals surface area contributed by atoms with Crippen molar-refractivity contribution < 1.29 is 27.5 Å². The van der Waals surface area contributed by atoms with Crippen LogP contribution in [0, 0.1) is 6.92 Å². The van der Waals surface area contributed by atoms with E-state index in [1.165, 1.54) is 25.3 Å². The summed E-state index contributed by atoms with van der Waals surface area (Å²) in [5.41, 5.74) is 1.08. The van der Waals surface area contributed by atoms with Crippen LogP contribution in [0.5, 0.6) is 11.5 Å². The van der Waals surface area contributed by atoms with Crippen molar-refractivity contribution in [1.82, 2.24) is 4.72 Å². The third-order valence-electron chi connectivity index (χ3n) is 4.50. The van der Waals surface area contributed by atoms with Crippen LogP contribution in [0.1, 0.15) is 18.4 Å². The van der Waals surface area contributed by atoms with Gasteiger partial charge in [0, 0.05) is 19.4 Å². The fourth-order valence-electron chi connectivity index (χ4n) is 3.00. The van der Waals surface area contributed by atoms with Gasteiger partial charge in [-0.1, -0.05) is 18.2 Å². The number of aryl methyl sites for hydroxylation is 1. The molecule has 3 rings (SSSR count). The molecule has 154 valence electrons. The smallest absolute Gasteiger partial charge is 0.240 e. The molecular weight excluding hydrogens is 396 g/mol. The molecule has 0 radical (unpaired) electrons. The van der Waals surface area contributed by atoms with Crippen molar-refractivity contribution in [2.24, 2.45) is 0 Å². The van der Waals surface area contributed by atoms with E-state index in [1.807, 2.05) is 31.2 Å². The molecule has 1 heterocycles. The summed E-state index contributed by atoms with van der Waals surface area (Å²) >= 11 is 0. The summed E-state index contributed by atoms with van der Waals surface area (Å²) in [5, 5.41) is 0. The highest BCUT2D eigenvalue weighted by atomic mass is 32.2. The molecule has 29 heavy (non-hydrogen) atoms. The molecule has 2 aromatic carbocycles. The highest BCUT2D eigenvalue weighted by Crippen LogP contribution is 2.34. The van der Waals surface area contributed by atoms with E-state index in [9.17, 15) is 18.0 Å². The number of para-hydroxylation sites is 1. The van der Waals surface area contributed by atoms with Crippen LogP contribution in [-0.4, -0.2) is 40.5 Å². The fourth-order valence-corrected chi connectivity index (χ4v) is 4.03. The standard InChI is InChI=1S/C20H22N2O6S/c1-14-5-3-4-6-17(14)28-12-11-21-29(25,26)15-7-8-18(27-2)16(13-15)22-19(23)9-10-20(22)24/h3-8,13,21H,9-12H2,1-2H3. The third-order valence-corrected chi connectivity index (χ3v) is 5.96. The van der Waals surface area contributed by atoms with E-state index in [1.54, 1.807) is 0 Å². The molecule has 1 saturated heterocycles. The number of carbonyl (C=O) groups is 2. The van der Waals surface area contributed by atoms with E-state index in [0.717, 1.165) is 10.5 Å². The molecule has 1 aliphatic heterocycles. The predicted molar refractivity (Wildman–Crippen MR) is 107 cm³/mol. The molecule has 1 N–H and O–H groups in total. The molecule has 0 spiro atoms. The Bertz CT molecular complexity index is 1020. The molecule has 8 nitrogen and oxygen atoms in total. The van der Waals surface area contributed by atoms with Crippen molar-refractivity contribution in [2.45, 2.75) is 24.7 Å². The second-order valence-electron chi connectivity index (χ2n) is 6.47. The summed E-state index contributed by atoms with van der Waals surface area (Å²) < 4.78 is 38.5. The van der Waals surface area contributed by atoms with Crippen molar-refractivity contribution in [2.75, 3.05) is 25.2 Å². The van der Waals surface area contributed by atoms with Crippen LogP contribution in [0.25, 0.3) is 0 Å². The Balaban J connectivity index is 1.73. The van der Waals surface area contributed by atoms with Crippen molar-refractivity contribution in [3.63, 3.8) is 0 Å². The first kappa shape index (κ1) is 20.8. The van der Waals surface area contributed by atoms with Gasteiger partial charge >= 0.3 is 0 Å². The molecule has 0 saturated carbocycles. The SMILES string of the molecule is COc1ccc(S(=O)(=O)NCCOc2ccccc2C)cc1N1C(=O)CCC1=O. The number of amides is 2. The maximum absolute atomic E-state index is 12.6. The normalized spacial score (nSPS) is 14.3. The number of hydrogen-bond donors (Lipinski definition) is 1. The number of imide groups is 1. The molecule has 2 aromatic rings. The van der Waals surface area contributed by atoms with Crippen molar-refractivity contribution in [3.8, 4) is 11.5 Å². The summed E-state index contributed by atoms with van der Waals surface area (Å²) in [4.78, 5) is 25.0. The molecule has 2 amide bonds. The van der Waals surface area contributed by atoms with Gasteiger partial charge in [0.1, 0.15) is 18.1 Å². The van der Waals surface area contributed by atoms with Gasteiger partial charge in [-0.3, -0.25) is 9.59 Å². The second kappa shape index (κ2) is 8.62. The second-order valence-corrected chi connectivity index (χ2v) is 8.24. The van der Waals surface area contributed by atoms with Gasteiger partial charge in [-0.15, -0.1) is 0 Å². The predicted octanol–water partition coefficient (Wildman–Crippen LogP) is 2.01. The Hall–Kier alpha value is -2.91. The number of carbonyl (C=O) groups excluding carboxylic acids is 2. The Kier molecular flexibility index (Phi) is 6.19. The largest absolute Gasteiger partial charge is 0.495 e. The summed E-state index contributed by atoms with van der Waals surface area (Å²) in [6.07, 6.45) is 0.181. The number of benzene rings is 2. The molecule has 9 heteroatoms. The first-order valence-corrected chi connectivity index (χ1v) is 10.5. The minimum Gasteiger partial charge on any atom is -0.495 e. The third kappa shape index (κ3) is 4.57. The molecule has 1 fully saturated rings. The lowest BCUT2D eigenvalue weighted by Gasteiger charge is -2.18. The van der Waals surface area contributed by atoms with Gasteiger partial charge < -0.3 is 9.47 Å². The van der Waals surface area contributed by atoms with Crippen molar-refractivity contribution >= 4 is 27.5 Å². The molecule has 0 bridgehead atoms. The highest BCUT2D eigenvalue weighted by molar-refractivity contribution is 7.89. The zero-order chi connectivity index (χ0) is 21.0. The Morgan fingerprint density at radius 3 is 2.38 bits per heavy atom. The van der Waals surface area contributed by atoms with Gasteiger partial charge in [-0.25, -0.2) is 18.0 Å². The minimum atomic E-state index is -3.87. The van der Waals surface area contributed by atoms with E-state index in [0.29, 0.717) is 5.75 Å². The first-order valence-electron chi connectivity index (χ1n) is 9.05. The maximum atomic E-state index is 12.6. The zero-order valence-electron chi connectivity index (χ0n) is 16.2. The van der Waals surface area contributed by atoms with Crippen molar-refractivity contribution in [1.29, 1.82) is 0 Å². The number of nitrogens with one attached hydrogen (secondary N) is 1. The Morgan fingerprint density at radius 2 is 1.72 bits per heavy atom. The van der Waals surface area contributed by atoms with Gasteiger partial charge in [-0.05, 0) is 36.8 Å². The van der Waals surface area contributed by atoms with Crippen LogP contribution in [0.2, 0.25) is 0 Å². The molecular formula is C20H22N2O6S. The topological polar surface area (TPSA) is 102 Å². The van der Waals surface area contributed by atoms with Crippen LogP contribution < -0.4 is 19.1 Å². The first-order chi connectivity index (χ1) is 13.8. The summed E-state index contributed by atoms with van der Waals surface area (Å²) in [6.45, 7) is 2.11. The van der Waals surface area contributed by atoms with Crippen LogP contribution >= 0.6 is 0 Å². The van der Waals surface area contributed by atoms with Gasteiger partial charge in [0.2, 0.25) is 21.8 Å². The lowest BCUT2D eigenvalue weighted by molar-refractivity contribution is -0.121. The highest BCUT2D eigenvalue weighted by Gasteiger charge is 2.33. The number of ether oxygens (including phenoxy) is 2. The minimum absolute atomic E-state index is 0.0552. The number of sulfonamides is 1. The van der Waals surface area contributed by atoms with E-state index in [2.05, 4.69) is 4.72 Å². The van der Waals surface area contributed by atoms with E-state index < -0.39 is 10.0 Å². The number of anilines is 1. The fraction of sp³-hybridized carbons (Fsp3) is 0.300. The maximum Gasteiger partial charge on any atom is 0.240 e. The summed E-state index contributed by atoms with van der Waals surface area (Å²) in [7, 11) is -2.48. The number of nitrogens with zero attached hydrogens (tertiary/aromatic N) is 1. The monoisotopic (exact) mass is 418 g/mol. The zero-order valence-corrected chi connectivity index (χ0v) is 17.0. The van der Waals surface area contributed by atoms with Crippen LogP contribution in [0.3, 0.4) is 0 Å². The van der Waals surface area contributed by atoms with E-state index in [-0.39, 0.29) is 54.1 Å². The lowest BCUT2D eigenvalue weighted by Crippen LogP contribution is -2.30. The quantitative estimate of drug-likeness (QED) is 0.520. The summed E-state index contributed by atoms with van der Waals surface area (Å²) in [5.74, 6) is 0.157. The molecule has 0 aromatic heterocycles. The van der Waals surface area contributed by atoms with E-state index in [4.69, 9.17) is 9.47 Å². The van der Waals surface area contributed by atoms with Crippen molar-refractivity contribution in [3.05, 3.63) is 48.0 Å². The van der Waals surface area contributed by atoms with Gasteiger partial charge in [0.25, 0.3) is 0 Å². The number of methoxy groups -OCH3 is 1. The van der Waals surface area contributed by atoms with E-state index >= 15 is 0 Å². The average molecular weight is 418 g/mol. The molecule has 0 atom stereocenters. The van der Waals surface area contributed by atoms with Gasteiger partial charge in [-0.2, -0.15) is 0 Å². The number of hydrogen-bond acceptors (Lipinski definition) is 6. The molecule has 0 aliphatic carbocycles. The number of rotatable bonds is 8. The summed E-state index contributed by atoms with van der Waals surface area (Å²) in [6, 6.07) is 11.5. The molecule has 0 unspecified atom stereocenters. The van der Waals surface area contributed by atoms with Gasteiger partial charge in [0.05, 0.1) is 17.7 Å².